The molecule has 0 saturated heterocycles. The highest BCUT2D eigenvalue weighted by Gasteiger charge is 2.34. The van der Waals surface area contributed by atoms with Gasteiger partial charge in [0.05, 0.1) is 18.6 Å². The van der Waals surface area contributed by atoms with Gasteiger partial charge < -0.3 is 37.6 Å². The van der Waals surface area contributed by atoms with E-state index in [-0.39, 0.29) is 6.42 Å². The number of carboxylic acid groups (broad SMARTS) is 1. The number of primary amides is 1. The summed E-state index contributed by atoms with van der Waals surface area (Å²) in [4.78, 5) is 60.9. The number of nitrogens with one attached hydrogen (secondary N) is 3. The van der Waals surface area contributed by atoms with E-state index in [1.54, 1.807) is 44.2 Å². The monoisotopic (exact) mass is 493 g/mol. The molecule has 35 heavy (non-hydrogen) atoms. The quantitative estimate of drug-likeness (QED) is 0.160. The second-order valence-corrected chi connectivity index (χ2v) is 8.46. The van der Waals surface area contributed by atoms with Crippen molar-refractivity contribution in [2.24, 2.45) is 17.4 Å². The summed E-state index contributed by atoms with van der Waals surface area (Å²) in [7, 11) is 0. The predicted molar refractivity (Wildman–Crippen MR) is 126 cm³/mol. The lowest BCUT2D eigenvalue weighted by Gasteiger charge is -2.28. The van der Waals surface area contributed by atoms with Gasteiger partial charge >= 0.3 is 5.97 Å². The molecule has 12 nitrogen and oxygen atoms in total. The fraction of sp³-hybridized carbons (Fsp3) is 0.522. The average Bonchev–Trinajstić information content (AvgIpc) is 2.79. The second kappa shape index (κ2) is 14.0. The number of carbonyl (C=O) groups is 5. The Balaban J connectivity index is 2.98. The number of amides is 4. The molecule has 0 radical (unpaired) electrons. The van der Waals surface area contributed by atoms with Crippen molar-refractivity contribution in [3.8, 4) is 0 Å². The fourth-order valence-corrected chi connectivity index (χ4v) is 3.23. The van der Waals surface area contributed by atoms with Crippen LogP contribution in [0.4, 0.5) is 0 Å². The Morgan fingerprint density at radius 3 is 1.94 bits per heavy atom. The van der Waals surface area contributed by atoms with E-state index in [0.29, 0.717) is 12.0 Å². The topological polar surface area (TPSA) is 214 Å². The summed E-state index contributed by atoms with van der Waals surface area (Å²) in [6, 6.07) is 3.43. The Bertz CT molecular complexity index is 894. The number of carbonyl (C=O) groups excluding carboxylic acids is 4. The highest BCUT2D eigenvalue weighted by molar-refractivity contribution is 5.95. The van der Waals surface area contributed by atoms with Crippen molar-refractivity contribution in [2.45, 2.75) is 70.3 Å². The van der Waals surface area contributed by atoms with E-state index in [4.69, 9.17) is 11.5 Å². The Labute approximate surface area is 203 Å². The average molecular weight is 494 g/mol. The summed E-state index contributed by atoms with van der Waals surface area (Å²) in [6.07, 6.45) is -1.34. The van der Waals surface area contributed by atoms with Gasteiger partial charge in [-0.15, -0.1) is 0 Å². The summed E-state index contributed by atoms with van der Waals surface area (Å²) in [6.45, 7) is 4.72. The molecular formula is C23H35N5O7. The van der Waals surface area contributed by atoms with Crippen molar-refractivity contribution in [1.29, 1.82) is 0 Å². The Kier molecular flexibility index (Phi) is 11.8. The molecule has 0 spiro atoms. The van der Waals surface area contributed by atoms with Crippen LogP contribution >= 0.6 is 0 Å². The van der Waals surface area contributed by atoms with Crippen molar-refractivity contribution in [2.75, 3.05) is 0 Å². The Morgan fingerprint density at radius 2 is 1.46 bits per heavy atom. The number of aliphatic hydroxyl groups excluding tert-OH is 1. The molecule has 1 aromatic carbocycles. The van der Waals surface area contributed by atoms with Crippen molar-refractivity contribution in [3.63, 3.8) is 0 Å². The van der Waals surface area contributed by atoms with Crippen LogP contribution in [0, 0.1) is 5.92 Å². The normalized spacial score (nSPS) is 16.0. The summed E-state index contributed by atoms with van der Waals surface area (Å²) in [5, 5.41) is 26.9. The predicted octanol–water partition coefficient (Wildman–Crippen LogP) is -1.60. The molecule has 0 bridgehead atoms. The van der Waals surface area contributed by atoms with E-state index in [0.717, 1.165) is 0 Å². The van der Waals surface area contributed by atoms with E-state index >= 15 is 0 Å². The van der Waals surface area contributed by atoms with Crippen LogP contribution in [0.1, 0.15) is 39.2 Å². The van der Waals surface area contributed by atoms with Gasteiger partial charge in [0.25, 0.3) is 0 Å². The van der Waals surface area contributed by atoms with E-state index in [2.05, 4.69) is 16.0 Å². The summed E-state index contributed by atoms with van der Waals surface area (Å²) in [5.74, 6) is -4.94. The van der Waals surface area contributed by atoms with Crippen LogP contribution in [0.15, 0.2) is 30.3 Å². The number of aliphatic carboxylic acids is 1. The maximum Gasteiger partial charge on any atom is 0.326 e. The van der Waals surface area contributed by atoms with Gasteiger partial charge in [-0.2, -0.15) is 0 Å². The van der Waals surface area contributed by atoms with Gasteiger partial charge in [0.15, 0.2) is 0 Å². The second-order valence-electron chi connectivity index (χ2n) is 8.46. The zero-order valence-electron chi connectivity index (χ0n) is 20.1. The first kappa shape index (κ1) is 29.5. The molecule has 4 amide bonds. The molecule has 0 aliphatic rings. The number of hydrogen-bond acceptors (Lipinski definition) is 7. The highest BCUT2D eigenvalue weighted by Crippen LogP contribution is 2.10. The van der Waals surface area contributed by atoms with Crippen molar-refractivity contribution in [1.82, 2.24) is 16.0 Å². The van der Waals surface area contributed by atoms with Crippen LogP contribution in [0.2, 0.25) is 0 Å². The third-order valence-electron chi connectivity index (χ3n) is 5.51. The molecule has 1 rings (SSSR count). The number of carboxylic acids is 1. The first-order chi connectivity index (χ1) is 16.4. The first-order valence-corrected chi connectivity index (χ1v) is 11.3. The lowest BCUT2D eigenvalue weighted by molar-refractivity contribution is -0.143. The Morgan fingerprint density at radius 1 is 0.914 bits per heavy atom. The van der Waals surface area contributed by atoms with Crippen LogP contribution in [0.3, 0.4) is 0 Å². The zero-order chi connectivity index (χ0) is 26.7. The van der Waals surface area contributed by atoms with Gasteiger partial charge in [-0.25, -0.2) is 4.79 Å². The molecule has 194 valence electrons. The zero-order valence-corrected chi connectivity index (χ0v) is 20.1. The summed E-state index contributed by atoms with van der Waals surface area (Å²) >= 11 is 0. The molecule has 0 aliphatic heterocycles. The SMILES string of the molecule is CCC(C)C(NC(=O)C(N)CC(N)=O)C(=O)NC(C(=O)NC(Cc1ccccc1)C(=O)O)C(C)O. The van der Waals surface area contributed by atoms with Crippen LogP contribution in [0.25, 0.3) is 0 Å². The molecule has 0 heterocycles. The molecular weight excluding hydrogens is 458 g/mol. The first-order valence-electron chi connectivity index (χ1n) is 11.3. The lowest BCUT2D eigenvalue weighted by atomic mass is 9.97. The minimum absolute atomic E-state index is 0.00824. The molecule has 0 fully saturated rings. The third kappa shape index (κ3) is 9.71. The molecule has 6 unspecified atom stereocenters. The summed E-state index contributed by atoms with van der Waals surface area (Å²) in [5.41, 5.74) is 11.4. The van der Waals surface area contributed by atoms with Gasteiger partial charge in [0.2, 0.25) is 23.6 Å². The largest absolute Gasteiger partial charge is 0.480 e. The Hall–Kier alpha value is -3.51. The number of benzene rings is 1. The minimum atomic E-state index is -1.50. The number of nitrogens with two attached hydrogens (primary N) is 2. The van der Waals surface area contributed by atoms with Gasteiger partial charge in [-0.05, 0) is 18.4 Å². The molecule has 0 aromatic heterocycles. The van der Waals surface area contributed by atoms with E-state index < -0.39 is 72.2 Å². The number of aliphatic hydroxyl groups is 1. The third-order valence-corrected chi connectivity index (χ3v) is 5.51. The van der Waals surface area contributed by atoms with Gasteiger partial charge in [0, 0.05) is 6.42 Å². The number of hydrogen-bond donors (Lipinski definition) is 7. The van der Waals surface area contributed by atoms with Gasteiger partial charge in [-0.3, -0.25) is 19.2 Å². The molecule has 12 heteroatoms. The molecule has 6 atom stereocenters. The molecule has 0 saturated carbocycles. The van der Waals surface area contributed by atoms with Crippen molar-refractivity contribution >= 4 is 29.6 Å². The fourth-order valence-electron chi connectivity index (χ4n) is 3.23. The minimum Gasteiger partial charge on any atom is -0.480 e. The van der Waals surface area contributed by atoms with Crippen molar-refractivity contribution < 1.29 is 34.2 Å². The van der Waals surface area contributed by atoms with E-state index in [9.17, 15) is 34.2 Å². The van der Waals surface area contributed by atoms with Crippen LogP contribution in [-0.2, 0) is 30.4 Å². The van der Waals surface area contributed by atoms with Crippen LogP contribution < -0.4 is 27.4 Å². The lowest BCUT2D eigenvalue weighted by Crippen LogP contribution is -2.61. The van der Waals surface area contributed by atoms with E-state index in [1.165, 1.54) is 6.92 Å². The van der Waals surface area contributed by atoms with Crippen LogP contribution in [-0.4, -0.2) is 70.1 Å². The molecule has 9 N–H and O–H groups in total. The molecule has 1 aromatic rings. The van der Waals surface area contributed by atoms with E-state index in [1.807, 2.05) is 0 Å². The number of rotatable bonds is 14. The van der Waals surface area contributed by atoms with Gasteiger partial charge in [0.1, 0.15) is 18.1 Å². The molecule has 0 aliphatic carbocycles. The summed E-state index contributed by atoms with van der Waals surface area (Å²) < 4.78 is 0. The highest BCUT2D eigenvalue weighted by atomic mass is 16.4. The van der Waals surface area contributed by atoms with Crippen molar-refractivity contribution in [3.05, 3.63) is 35.9 Å². The smallest absolute Gasteiger partial charge is 0.326 e. The standard InChI is InChI=1S/C23H35N5O7/c1-4-12(2)18(27-20(31)15(24)11-17(25)30)21(32)28-19(13(3)29)22(33)26-16(23(34)35)10-14-8-6-5-7-9-14/h5-9,12-13,15-16,18-19,29H,4,10-11,24H2,1-3H3,(H2,25,30)(H,26,33)(H,27,31)(H,28,32)(H,34,35). The van der Waals surface area contributed by atoms with Gasteiger partial charge in [-0.1, -0.05) is 50.6 Å². The maximum atomic E-state index is 13.0. The maximum absolute atomic E-state index is 13.0. The van der Waals surface area contributed by atoms with Crippen LogP contribution in [0.5, 0.6) is 0 Å².